The van der Waals surface area contributed by atoms with Gasteiger partial charge in [0.15, 0.2) is 5.75 Å². The quantitative estimate of drug-likeness (QED) is 0.152. The molecule has 0 radical (unpaired) electrons. The number of rotatable bonds is 14. The zero-order valence-electron chi connectivity index (χ0n) is 27.8. The van der Waals surface area contributed by atoms with Crippen LogP contribution in [0.4, 0.5) is 0 Å². The fourth-order valence-corrected chi connectivity index (χ4v) is 6.58. The molecule has 2 aromatic heterocycles. The molecule has 4 heterocycles. The van der Waals surface area contributed by atoms with Crippen LogP contribution in [0, 0.1) is 0 Å². The summed E-state index contributed by atoms with van der Waals surface area (Å²) >= 11 is 7.09. The number of ether oxygens (including phenoxy) is 3. The van der Waals surface area contributed by atoms with Crippen molar-refractivity contribution in [2.24, 2.45) is 0 Å². The molecule has 256 valence electrons. The highest BCUT2D eigenvalue weighted by atomic mass is 35.5. The third-order valence-electron chi connectivity index (χ3n) is 8.81. The van der Waals surface area contributed by atoms with Gasteiger partial charge in [0.05, 0.1) is 32.0 Å². The molecule has 0 spiro atoms. The first-order chi connectivity index (χ1) is 23.9. The molecule has 4 N–H and O–H groups in total. The predicted octanol–water partition coefficient (Wildman–Crippen LogP) is 4.29. The minimum atomic E-state index is 0.0947. The highest BCUT2D eigenvalue weighted by Gasteiger charge is 2.23. The van der Waals surface area contributed by atoms with Gasteiger partial charge in [-0.05, 0) is 25.0 Å². The van der Waals surface area contributed by atoms with E-state index in [1.165, 1.54) is 6.33 Å². The molecular formula is C36H40ClN7O5. The lowest BCUT2D eigenvalue weighted by Crippen LogP contribution is -2.35. The smallest absolute Gasteiger partial charge is 0.220 e. The minimum Gasteiger partial charge on any atom is -0.496 e. The van der Waals surface area contributed by atoms with Crippen LogP contribution in [-0.2, 0) is 22.7 Å². The Morgan fingerprint density at radius 2 is 1.45 bits per heavy atom. The first-order valence-corrected chi connectivity index (χ1v) is 16.7. The number of halogens is 1. The number of nitrogens with zero attached hydrogens (tertiary/aromatic N) is 3. The number of carbonyl (C=O) groups is 2. The molecule has 2 amide bonds. The number of aromatic nitrogens is 3. The summed E-state index contributed by atoms with van der Waals surface area (Å²) < 4.78 is 17.3. The summed E-state index contributed by atoms with van der Waals surface area (Å²) in [4.78, 5) is 37.0. The lowest BCUT2D eigenvalue weighted by molar-refractivity contribution is -0.120. The van der Waals surface area contributed by atoms with Crippen molar-refractivity contribution in [1.82, 2.24) is 36.2 Å². The number of nitrogens with one attached hydrogen (secondary N) is 4. The van der Waals surface area contributed by atoms with Crippen molar-refractivity contribution >= 4 is 23.4 Å². The minimum absolute atomic E-state index is 0.0947. The van der Waals surface area contributed by atoms with E-state index in [1.807, 2.05) is 48.5 Å². The Hall–Kier alpha value is -4.78. The second kappa shape index (κ2) is 15.6. The summed E-state index contributed by atoms with van der Waals surface area (Å²) in [5.41, 5.74) is 5.82. The Morgan fingerprint density at radius 3 is 2.08 bits per heavy atom. The van der Waals surface area contributed by atoms with Gasteiger partial charge in [-0.3, -0.25) is 9.59 Å². The van der Waals surface area contributed by atoms with Crippen molar-refractivity contribution in [3.63, 3.8) is 0 Å². The van der Waals surface area contributed by atoms with Gasteiger partial charge in [0.2, 0.25) is 17.7 Å². The van der Waals surface area contributed by atoms with Crippen molar-refractivity contribution < 1.29 is 23.8 Å². The van der Waals surface area contributed by atoms with Gasteiger partial charge in [0.25, 0.3) is 0 Å². The Morgan fingerprint density at radius 1 is 0.796 bits per heavy atom. The summed E-state index contributed by atoms with van der Waals surface area (Å²) in [6.45, 7) is 2.48. The van der Waals surface area contributed by atoms with Crippen molar-refractivity contribution in [1.29, 1.82) is 0 Å². The fourth-order valence-electron chi connectivity index (χ4n) is 6.27. The standard InChI is InChI=1S/C36H40ClN7O5/c1-47-29-15-21(7-8-22(29)16-38-18-24-10-13-30(45)42-24)33-35(48-2)34(41-20-40-33)27-6-4-5-26(32(27)37)28-12-9-23(36(44-28)49-3)17-39-19-25-11-14-31(46)43-25/h4-9,12,15,20,24-25,38-39H,10-11,13-14,16-19H2,1-3H3,(H,42,45)(H,43,46). The van der Waals surface area contributed by atoms with E-state index in [0.717, 1.165) is 29.5 Å². The second-order valence-corrected chi connectivity index (χ2v) is 12.4. The zero-order valence-corrected chi connectivity index (χ0v) is 28.5. The largest absolute Gasteiger partial charge is 0.496 e. The van der Waals surface area contributed by atoms with Gasteiger partial charge in [0.1, 0.15) is 23.5 Å². The Bertz CT molecular complexity index is 1840. The molecule has 2 aromatic carbocycles. The van der Waals surface area contributed by atoms with Gasteiger partial charge in [-0.1, -0.05) is 48.0 Å². The van der Waals surface area contributed by atoms with Gasteiger partial charge in [0, 0.05) is 78.9 Å². The lowest BCUT2D eigenvalue weighted by Gasteiger charge is -2.17. The molecule has 2 atom stereocenters. The molecule has 2 fully saturated rings. The molecule has 2 aliphatic rings. The maximum absolute atomic E-state index is 11.5. The molecule has 12 nitrogen and oxygen atoms in total. The lowest BCUT2D eigenvalue weighted by atomic mass is 10.0. The van der Waals surface area contributed by atoms with Gasteiger partial charge < -0.3 is 35.5 Å². The Kier molecular flexibility index (Phi) is 10.9. The number of methoxy groups -OCH3 is 3. The van der Waals surface area contributed by atoms with E-state index >= 15 is 0 Å². The molecule has 13 heteroatoms. The summed E-state index contributed by atoms with van der Waals surface area (Å²) in [7, 11) is 4.81. The third-order valence-corrected chi connectivity index (χ3v) is 9.22. The SMILES string of the molecule is COc1cc(-c2ncnc(-c3cccc(-c4ccc(CNCC5CCC(=O)N5)c(OC)n4)c3Cl)c2OC)ccc1CNCC1CCC(=O)N1. The van der Waals surface area contributed by atoms with Crippen LogP contribution < -0.4 is 35.5 Å². The highest BCUT2D eigenvalue weighted by molar-refractivity contribution is 6.36. The fraction of sp³-hybridized carbons (Fsp3) is 0.361. The maximum Gasteiger partial charge on any atom is 0.220 e. The predicted molar refractivity (Wildman–Crippen MR) is 187 cm³/mol. The molecule has 2 saturated heterocycles. The van der Waals surface area contributed by atoms with E-state index in [2.05, 4.69) is 31.2 Å². The van der Waals surface area contributed by atoms with Gasteiger partial charge in [-0.25, -0.2) is 15.0 Å². The number of amides is 2. The molecule has 4 aromatic rings. The van der Waals surface area contributed by atoms with Crippen molar-refractivity contribution in [3.05, 3.63) is 71.0 Å². The normalized spacial score (nSPS) is 17.1. The highest BCUT2D eigenvalue weighted by Crippen LogP contribution is 2.42. The van der Waals surface area contributed by atoms with E-state index in [-0.39, 0.29) is 23.9 Å². The molecule has 0 aliphatic carbocycles. The van der Waals surface area contributed by atoms with E-state index in [1.54, 1.807) is 21.3 Å². The van der Waals surface area contributed by atoms with Gasteiger partial charge >= 0.3 is 0 Å². The summed E-state index contributed by atoms with van der Waals surface area (Å²) in [6, 6.07) is 15.7. The molecule has 6 rings (SSSR count). The number of pyridine rings is 1. The van der Waals surface area contributed by atoms with Crippen molar-refractivity contribution in [2.45, 2.75) is 50.9 Å². The van der Waals surface area contributed by atoms with Crippen LogP contribution in [0.3, 0.4) is 0 Å². The van der Waals surface area contributed by atoms with Crippen LogP contribution >= 0.6 is 11.6 Å². The monoisotopic (exact) mass is 685 g/mol. The maximum atomic E-state index is 11.5. The summed E-state index contributed by atoms with van der Waals surface area (Å²) in [5, 5.41) is 13.2. The molecule has 0 bridgehead atoms. The average molecular weight is 686 g/mol. The summed E-state index contributed by atoms with van der Waals surface area (Å²) in [5.74, 6) is 1.85. The van der Waals surface area contributed by atoms with Crippen LogP contribution in [0.2, 0.25) is 5.02 Å². The van der Waals surface area contributed by atoms with Gasteiger partial charge in [-0.15, -0.1) is 0 Å². The molecule has 49 heavy (non-hydrogen) atoms. The number of carbonyl (C=O) groups excluding carboxylic acids is 2. The van der Waals surface area contributed by atoms with Crippen LogP contribution in [0.15, 0.2) is 54.9 Å². The van der Waals surface area contributed by atoms with Crippen LogP contribution in [0.1, 0.15) is 36.8 Å². The van der Waals surface area contributed by atoms with E-state index < -0.39 is 0 Å². The van der Waals surface area contributed by atoms with Crippen LogP contribution in [-0.4, -0.2) is 73.3 Å². The van der Waals surface area contributed by atoms with Crippen LogP contribution in [0.5, 0.6) is 17.4 Å². The van der Waals surface area contributed by atoms with Crippen molar-refractivity contribution in [2.75, 3.05) is 34.4 Å². The second-order valence-electron chi connectivity index (χ2n) is 12.0. The third kappa shape index (κ3) is 7.77. The molecule has 0 saturated carbocycles. The topological polar surface area (TPSA) is 149 Å². The molecular weight excluding hydrogens is 646 g/mol. The molecule has 2 aliphatic heterocycles. The van der Waals surface area contributed by atoms with Gasteiger partial charge in [-0.2, -0.15) is 0 Å². The first-order valence-electron chi connectivity index (χ1n) is 16.3. The number of hydrogen-bond acceptors (Lipinski definition) is 10. The van der Waals surface area contributed by atoms with Crippen LogP contribution in [0.25, 0.3) is 33.8 Å². The van der Waals surface area contributed by atoms with Crippen molar-refractivity contribution in [3.8, 4) is 51.2 Å². The number of benzene rings is 2. The first kappa shape index (κ1) is 34.1. The van der Waals surface area contributed by atoms with E-state index in [0.29, 0.717) is 89.6 Å². The van der Waals surface area contributed by atoms with E-state index in [4.69, 9.17) is 30.8 Å². The number of hydrogen-bond donors (Lipinski definition) is 4. The average Bonchev–Trinajstić information content (AvgIpc) is 3.74. The Balaban J connectivity index is 1.23. The zero-order chi connectivity index (χ0) is 34.3. The Labute approximate surface area is 290 Å². The van der Waals surface area contributed by atoms with E-state index in [9.17, 15) is 9.59 Å². The molecule has 2 unspecified atom stereocenters. The summed E-state index contributed by atoms with van der Waals surface area (Å²) in [6.07, 6.45) is 4.30.